The Hall–Kier alpha value is -4.59. The molecule has 0 saturated carbocycles. The molecule has 186 valence electrons. The zero-order chi connectivity index (χ0) is 25.7. The molecule has 0 radical (unpaired) electrons. The highest BCUT2D eigenvalue weighted by Gasteiger charge is 2.42. The second-order valence-corrected chi connectivity index (χ2v) is 9.47. The Labute approximate surface area is 213 Å². The highest BCUT2D eigenvalue weighted by atomic mass is 16.4. The minimum atomic E-state index is -1.16. The number of fused-ring (bicyclic) bond motifs is 6. The van der Waals surface area contributed by atoms with Crippen LogP contribution in [0.5, 0.6) is 0 Å². The molecule has 8 heteroatoms. The molecule has 6 rings (SSSR count). The largest absolute Gasteiger partial charge is 0.479 e. The van der Waals surface area contributed by atoms with Gasteiger partial charge in [0, 0.05) is 24.5 Å². The first kappa shape index (κ1) is 22.8. The molecular formula is C29H26N4O4. The lowest BCUT2D eigenvalue weighted by Gasteiger charge is -2.46. The van der Waals surface area contributed by atoms with E-state index in [2.05, 4.69) is 10.2 Å². The van der Waals surface area contributed by atoms with Crippen LogP contribution in [0.4, 0.5) is 5.69 Å². The van der Waals surface area contributed by atoms with Crippen LogP contribution in [0.1, 0.15) is 39.4 Å². The number of carboxylic acids is 1. The molecule has 37 heavy (non-hydrogen) atoms. The molecule has 2 atom stereocenters. The number of carbonyl (C=O) groups is 3. The van der Waals surface area contributed by atoms with Gasteiger partial charge >= 0.3 is 5.97 Å². The van der Waals surface area contributed by atoms with E-state index in [1.807, 2.05) is 65.0 Å². The average molecular weight is 495 g/mol. The van der Waals surface area contributed by atoms with Crippen molar-refractivity contribution in [3.8, 4) is 0 Å². The topological polar surface area (TPSA) is 94.9 Å². The van der Waals surface area contributed by atoms with Gasteiger partial charge in [0.2, 0.25) is 5.91 Å². The van der Waals surface area contributed by atoms with Gasteiger partial charge in [0.25, 0.3) is 5.91 Å². The molecule has 2 aliphatic rings. The van der Waals surface area contributed by atoms with Crippen molar-refractivity contribution in [1.29, 1.82) is 0 Å². The lowest BCUT2D eigenvalue weighted by atomic mass is 9.96. The number of aromatic nitrogens is 1. The summed E-state index contributed by atoms with van der Waals surface area (Å²) >= 11 is 0. The normalized spacial score (nSPS) is 17.1. The molecule has 1 aromatic heterocycles. The molecule has 0 fully saturated rings. The fourth-order valence-corrected chi connectivity index (χ4v) is 5.76. The SMILES string of the molecule is CN1c2ccccc2C(=O)N2CCc3c(n(CC(=O)N[C@@H](C(=O)O)c4ccccc4)c4ccccc34)C21. The maximum Gasteiger partial charge on any atom is 0.330 e. The Bertz CT molecular complexity index is 1540. The number of hydrogen-bond acceptors (Lipinski definition) is 4. The van der Waals surface area contributed by atoms with Crippen LogP contribution in [0.15, 0.2) is 78.9 Å². The van der Waals surface area contributed by atoms with Crippen molar-refractivity contribution < 1.29 is 19.5 Å². The fraction of sp³-hybridized carbons (Fsp3) is 0.207. The van der Waals surface area contributed by atoms with Crippen LogP contribution in [-0.4, -0.2) is 45.9 Å². The van der Waals surface area contributed by atoms with E-state index in [4.69, 9.17) is 0 Å². The number of anilines is 1. The molecule has 0 spiro atoms. The van der Waals surface area contributed by atoms with Gasteiger partial charge in [0.05, 0.1) is 16.9 Å². The highest BCUT2D eigenvalue weighted by molar-refractivity contribution is 6.02. The number of aliphatic carboxylic acids is 1. The standard InChI is InChI=1S/C29H26N4O4/c1-31-22-13-7-6-12-21(22)28(35)32-16-15-20-19-11-5-8-14-23(19)33(26(20)27(31)32)17-24(34)30-25(29(36)37)18-9-3-2-4-10-18/h2-14,25,27H,15-17H2,1H3,(H,30,34)(H,36,37)/t25-,27?/m1/s1. The predicted octanol–water partition coefficient (Wildman–Crippen LogP) is 3.73. The molecule has 2 N–H and O–H groups in total. The quantitative estimate of drug-likeness (QED) is 0.441. The fourth-order valence-electron chi connectivity index (χ4n) is 5.76. The molecule has 3 aromatic carbocycles. The van der Waals surface area contributed by atoms with E-state index in [9.17, 15) is 19.5 Å². The molecule has 4 aromatic rings. The third-order valence-corrected chi connectivity index (χ3v) is 7.39. The predicted molar refractivity (Wildman–Crippen MR) is 139 cm³/mol. The summed E-state index contributed by atoms with van der Waals surface area (Å²) in [6.07, 6.45) is 0.292. The first-order valence-corrected chi connectivity index (χ1v) is 12.3. The molecule has 0 saturated heterocycles. The lowest BCUT2D eigenvalue weighted by molar-refractivity contribution is -0.142. The van der Waals surface area contributed by atoms with Gasteiger partial charge in [0.15, 0.2) is 6.04 Å². The lowest BCUT2D eigenvalue weighted by Crippen LogP contribution is -2.51. The van der Waals surface area contributed by atoms with Crippen LogP contribution in [0, 0.1) is 0 Å². The number of nitrogens with one attached hydrogen (secondary N) is 1. The van der Waals surface area contributed by atoms with Crippen LogP contribution in [0.25, 0.3) is 10.9 Å². The van der Waals surface area contributed by atoms with E-state index < -0.39 is 17.9 Å². The van der Waals surface area contributed by atoms with Crippen molar-refractivity contribution in [2.75, 3.05) is 18.5 Å². The maximum atomic E-state index is 13.5. The van der Waals surface area contributed by atoms with Gasteiger partial charge < -0.3 is 24.8 Å². The Morgan fingerprint density at radius 2 is 1.70 bits per heavy atom. The number of rotatable bonds is 5. The van der Waals surface area contributed by atoms with E-state index in [0.717, 1.165) is 27.8 Å². The van der Waals surface area contributed by atoms with Gasteiger partial charge in [0.1, 0.15) is 12.7 Å². The number of benzene rings is 3. The molecule has 1 unspecified atom stereocenters. The van der Waals surface area contributed by atoms with Gasteiger partial charge in [-0.05, 0) is 35.7 Å². The minimum absolute atomic E-state index is 0.0272. The number of hydrogen-bond donors (Lipinski definition) is 2. The van der Waals surface area contributed by atoms with Crippen LogP contribution >= 0.6 is 0 Å². The number of para-hydroxylation sites is 2. The van der Waals surface area contributed by atoms with Gasteiger partial charge in [-0.25, -0.2) is 4.79 Å². The molecule has 0 aliphatic carbocycles. The van der Waals surface area contributed by atoms with Crippen molar-refractivity contribution in [3.05, 3.63) is 101 Å². The molecule has 2 aliphatic heterocycles. The second-order valence-electron chi connectivity index (χ2n) is 9.47. The number of amides is 2. The van der Waals surface area contributed by atoms with Crippen LogP contribution < -0.4 is 10.2 Å². The van der Waals surface area contributed by atoms with Crippen LogP contribution in [0.2, 0.25) is 0 Å². The summed E-state index contributed by atoms with van der Waals surface area (Å²) in [6.45, 7) is 0.505. The summed E-state index contributed by atoms with van der Waals surface area (Å²) < 4.78 is 1.94. The Morgan fingerprint density at radius 3 is 2.49 bits per heavy atom. The Morgan fingerprint density at radius 1 is 1.00 bits per heavy atom. The first-order chi connectivity index (χ1) is 18.0. The van der Waals surface area contributed by atoms with Crippen LogP contribution in [-0.2, 0) is 22.6 Å². The average Bonchev–Trinajstić information content (AvgIpc) is 3.24. The maximum absolute atomic E-state index is 13.5. The van der Waals surface area contributed by atoms with E-state index in [0.29, 0.717) is 24.1 Å². The second kappa shape index (κ2) is 8.81. The number of carbonyl (C=O) groups excluding carboxylic acids is 2. The van der Waals surface area contributed by atoms with Crippen molar-refractivity contribution >= 4 is 34.4 Å². The molecule has 2 amide bonds. The van der Waals surface area contributed by atoms with E-state index in [-0.39, 0.29) is 18.6 Å². The summed E-state index contributed by atoms with van der Waals surface area (Å²) in [5.74, 6) is -1.57. The first-order valence-electron chi connectivity index (χ1n) is 12.3. The van der Waals surface area contributed by atoms with Gasteiger partial charge in [-0.15, -0.1) is 0 Å². The number of carboxylic acid groups (broad SMARTS) is 1. The third-order valence-electron chi connectivity index (χ3n) is 7.39. The van der Waals surface area contributed by atoms with Crippen molar-refractivity contribution in [1.82, 2.24) is 14.8 Å². The van der Waals surface area contributed by atoms with Crippen molar-refractivity contribution in [2.45, 2.75) is 25.2 Å². The smallest absolute Gasteiger partial charge is 0.330 e. The van der Waals surface area contributed by atoms with Gasteiger partial charge in [-0.3, -0.25) is 9.59 Å². The molecule has 0 bridgehead atoms. The van der Waals surface area contributed by atoms with Gasteiger partial charge in [-0.1, -0.05) is 60.7 Å². The van der Waals surface area contributed by atoms with E-state index in [1.165, 1.54) is 0 Å². The summed E-state index contributed by atoms with van der Waals surface area (Å²) in [4.78, 5) is 42.8. The Kier molecular flexibility index (Phi) is 5.44. The molecule has 8 nitrogen and oxygen atoms in total. The summed E-state index contributed by atoms with van der Waals surface area (Å²) in [5.41, 5.74) is 4.90. The Balaban J connectivity index is 1.42. The zero-order valence-corrected chi connectivity index (χ0v) is 20.3. The molecular weight excluding hydrogens is 468 g/mol. The van der Waals surface area contributed by atoms with Crippen molar-refractivity contribution in [3.63, 3.8) is 0 Å². The van der Waals surface area contributed by atoms with Crippen LogP contribution in [0.3, 0.4) is 0 Å². The van der Waals surface area contributed by atoms with Gasteiger partial charge in [-0.2, -0.15) is 0 Å². The summed E-state index contributed by atoms with van der Waals surface area (Å²) in [6, 6.07) is 23.0. The monoisotopic (exact) mass is 494 g/mol. The number of nitrogens with zero attached hydrogens (tertiary/aromatic N) is 3. The van der Waals surface area contributed by atoms with Crippen molar-refractivity contribution in [2.24, 2.45) is 0 Å². The van der Waals surface area contributed by atoms with E-state index in [1.54, 1.807) is 30.3 Å². The summed E-state index contributed by atoms with van der Waals surface area (Å²) in [7, 11) is 1.97. The summed E-state index contributed by atoms with van der Waals surface area (Å²) in [5, 5.41) is 13.5. The zero-order valence-electron chi connectivity index (χ0n) is 20.3. The third kappa shape index (κ3) is 3.64. The minimum Gasteiger partial charge on any atom is -0.479 e. The van der Waals surface area contributed by atoms with E-state index >= 15 is 0 Å². The highest BCUT2D eigenvalue weighted by Crippen LogP contribution is 2.44. The molecule has 3 heterocycles.